The number of halogens is 2. The van der Waals surface area contributed by atoms with Crippen LogP contribution in [0.2, 0.25) is 0 Å². The van der Waals surface area contributed by atoms with Gasteiger partial charge in [-0.3, -0.25) is 28.8 Å². The summed E-state index contributed by atoms with van der Waals surface area (Å²) in [6.07, 6.45) is 22.6. The summed E-state index contributed by atoms with van der Waals surface area (Å²) >= 11 is 0. The summed E-state index contributed by atoms with van der Waals surface area (Å²) in [5.41, 5.74) is -4.40. The lowest BCUT2D eigenvalue weighted by Crippen LogP contribution is -2.51. The van der Waals surface area contributed by atoms with Gasteiger partial charge in [-0.05, 0) is 308 Å². The lowest BCUT2D eigenvalue weighted by molar-refractivity contribution is -0.182. The molecule has 6 aromatic carbocycles. The average Bonchev–Trinajstić information content (AvgIpc) is 1.52. The lowest BCUT2D eigenvalue weighted by Gasteiger charge is -2.55. The Kier molecular flexibility index (Phi) is 43.7. The predicted molar refractivity (Wildman–Crippen MR) is 533 cm³/mol. The number of aryl methyl sites for hydroxylation is 1. The van der Waals surface area contributed by atoms with Crippen LogP contribution >= 0.6 is 0 Å². The molecular formula is C110H152F2O24S4. The molecule has 15 rings (SSSR count). The third kappa shape index (κ3) is 32.7. The molecule has 2 aliphatic heterocycles. The number of cyclic esters (lactones) is 1. The minimum absolute atomic E-state index is 0.00702. The minimum atomic E-state index is -5.81. The van der Waals surface area contributed by atoms with Gasteiger partial charge in [-0.1, -0.05) is 176 Å². The highest BCUT2D eigenvalue weighted by Crippen LogP contribution is 2.66. The Morgan fingerprint density at radius 1 is 0.464 bits per heavy atom. The molecule has 30 heteroatoms. The molecule has 3 unspecified atom stereocenters. The van der Waals surface area contributed by atoms with Crippen molar-refractivity contribution in [3.05, 3.63) is 181 Å². The van der Waals surface area contributed by atoms with E-state index in [0.29, 0.717) is 82.3 Å². The molecule has 6 aromatic rings. The number of ether oxygens (including phenoxy) is 9. The quantitative estimate of drug-likeness (QED) is 0.0182. The number of fused-ring (bicyclic) bond motifs is 2. The smallest absolute Gasteiger partial charge is 0.367 e. The zero-order valence-corrected chi connectivity index (χ0v) is 88.9. The Morgan fingerprint density at radius 2 is 0.850 bits per heavy atom. The molecule has 0 radical (unpaired) electrons. The van der Waals surface area contributed by atoms with Crippen molar-refractivity contribution in [3.63, 3.8) is 0 Å². The first-order valence-electron chi connectivity index (χ1n) is 49.5. The van der Waals surface area contributed by atoms with E-state index >= 15 is 0 Å². The third-order valence-electron chi connectivity index (χ3n) is 29.1. The van der Waals surface area contributed by atoms with E-state index in [-0.39, 0.29) is 74.3 Å². The summed E-state index contributed by atoms with van der Waals surface area (Å²) in [6, 6.07) is 62.5. The van der Waals surface area contributed by atoms with Gasteiger partial charge in [-0.2, -0.15) is 8.78 Å². The van der Waals surface area contributed by atoms with E-state index in [1.807, 2.05) is 48.5 Å². The molecule has 24 nitrogen and oxygen atoms in total. The van der Waals surface area contributed by atoms with E-state index in [2.05, 4.69) is 213 Å². The highest BCUT2D eigenvalue weighted by atomic mass is 32.2. The Hall–Kier alpha value is -9.07. The standard InChI is InChI=1S/C19H17S.C18H15S.C16H30O2.C13H18F2O5S.C12H18O7S.C12H22O2.C10H16O4.C10H18O4/c1-16-12-14-19(15-13-16)20(17-8-4-2-5-9-17)18-10-6-3-7-11-18;1-4-10-16(11-5-1)19(17-12-6-2-7-13-17)18-14-8-3-9-15-18;1-5-15(3,4)14(17)18-16(6-2)12-10-8-7-9-11-13-16;14-13(15,21(17,18)19)7-20-11(16)12-4-8-1-9(5-12)3-10(2-8)6-12;1-10(2)11(3)4-5-12(10,19-8(11)13)9(14)18-6-7-20(15,16)17;1-5-11(2,3)10(13)14-12(4)8-6-7-9-12;1-4-10(2,3)9(12)14-7-5-6-13-8(7)11;1-5-10(3,4)9(12)14-7-8(11)13-6-2/h2-15H,1H3;1-15H;5-13H2,1-4H3;8-10H,1-7H2,(H,17,18,19);4-7H2,1-3H3,(H,15,16,17);5-9H2,1-4H3;7H,4-6H2,1-3H3;5-7H2,1-4H3/q2*+1;;;;;;/p-2. The topological polar surface area (TPSA) is 351 Å². The van der Waals surface area contributed by atoms with Gasteiger partial charge in [-0.15, -0.1) is 0 Å². The zero-order valence-electron chi connectivity index (χ0n) is 85.7. The van der Waals surface area contributed by atoms with Gasteiger partial charge in [0.1, 0.15) is 17.8 Å². The van der Waals surface area contributed by atoms with Gasteiger partial charge in [0.2, 0.25) is 11.7 Å². The molecule has 774 valence electrons. The van der Waals surface area contributed by atoms with Crippen molar-refractivity contribution in [2.45, 2.75) is 350 Å². The van der Waals surface area contributed by atoms with Crippen LogP contribution in [0.5, 0.6) is 0 Å². The van der Waals surface area contributed by atoms with Crippen LogP contribution < -0.4 is 0 Å². The molecule has 9 aliphatic rings. The monoisotopic (exact) mass is 2020 g/mol. The molecule has 9 fully saturated rings. The molecule has 0 spiro atoms. The van der Waals surface area contributed by atoms with Crippen molar-refractivity contribution >= 4 is 95.7 Å². The number of alkyl halides is 2. The van der Waals surface area contributed by atoms with Crippen molar-refractivity contribution in [2.75, 3.05) is 38.8 Å². The van der Waals surface area contributed by atoms with Crippen LogP contribution in [-0.4, -0.2) is 147 Å². The van der Waals surface area contributed by atoms with Gasteiger partial charge >= 0.3 is 59.0 Å². The Morgan fingerprint density at radius 3 is 1.21 bits per heavy atom. The van der Waals surface area contributed by atoms with Crippen LogP contribution in [0.1, 0.15) is 291 Å². The van der Waals surface area contributed by atoms with Crippen LogP contribution in [0.25, 0.3) is 0 Å². The van der Waals surface area contributed by atoms with Gasteiger partial charge in [0, 0.05) is 11.8 Å². The summed E-state index contributed by atoms with van der Waals surface area (Å²) in [5.74, 6) is -3.13. The van der Waals surface area contributed by atoms with E-state index in [4.69, 9.17) is 33.2 Å². The molecule has 0 aromatic heterocycles. The van der Waals surface area contributed by atoms with E-state index in [1.54, 1.807) is 55.4 Å². The maximum atomic E-state index is 13.1. The Bertz CT molecular complexity index is 5050. The number of carbonyl (C=O) groups excluding carboxylic acids is 9. The molecule has 0 amide bonds. The zero-order chi connectivity index (χ0) is 104. The normalized spacial score (nSPS) is 21.8. The second-order valence-electron chi connectivity index (χ2n) is 41.3. The maximum absolute atomic E-state index is 13.1. The van der Waals surface area contributed by atoms with Crippen LogP contribution in [-0.2, 0) is 128 Å². The van der Waals surface area contributed by atoms with Gasteiger partial charge in [0.15, 0.2) is 52.7 Å². The van der Waals surface area contributed by atoms with Crippen LogP contribution in [0.3, 0.4) is 0 Å². The van der Waals surface area contributed by atoms with E-state index < -0.39 is 113 Å². The fourth-order valence-electron chi connectivity index (χ4n) is 18.0. The van der Waals surface area contributed by atoms with Crippen molar-refractivity contribution in [1.29, 1.82) is 0 Å². The molecule has 140 heavy (non-hydrogen) atoms. The Balaban J connectivity index is 0.000000219. The molecule has 2 heterocycles. The Labute approximate surface area is 836 Å². The van der Waals surface area contributed by atoms with Crippen molar-refractivity contribution in [2.24, 2.45) is 55.7 Å². The lowest BCUT2D eigenvalue weighted by atomic mass is 9.49. The van der Waals surface area contributed by atoms with Gasteiger partial charge in [0.05, 0.1) is 83.4 Å². The summed E-state index contributed by atoms with van der Waals surface area (Å²) in [7, 11) is -10.3. The molecule has 7 aliphatic carbocycles. The summed E-state index contributed by atoms with van der Waals surface area (Å²) in [5, 5.41) is -4.56. The van der Waals surface area contributed by atoms with Gasteiger partial charge in [-0.25, -0.2) is 31.2 Å². The third-order valence-corrected chi connectivity index (χ3v) is 35.0. The first-order chi connectivity index (χ1) is 65.6. The highest BCUT2D eigenvalue weighted by Gasteiger charge is 2.76. The summed E-state index contributed by atoms with van der Waals surface area (Å²) in [4.78, 5) is 114. The fraction of sp³-hybridized carbons (Fsp3) is 0.591. The number of carbonyl (C=O) groups is 9. The van der Waals surface area contributed by atoms with Crippen molar-refractivity contribution in [3.8, 4) is 0 Å². The van der Waals surface area contributed by atoms with Gasteiger partial charge < -0.3 is 51.7 Å². The molecule has 3 atom stereocenters. The van der Waals surface area contributed by atoms with E-state index in [0.717, 1.165) is 64.2 Å². The van der Waals surface area contributed by atoms with E-state index in [1.165, 1.54) is 79.9 Å². The van der Waals surface area contributed by atoms with Crippen LogP contribution in [0.15, 0.2) is 205 Å². The second-order valence-corrected chi connectivity index (χ2v) is 48.4. The van der Waals surface area contributed by atoms with E-state index in [9.17, 15) is 77.9 Å². The molecule has 6 bridgehead atoms. The molecular weight excluding hydrogens is 1870 g/mol. The SMILES string of the molecule is CC12CCC(C(=O)OCCS(=O)(=O)[O-])(OC1=O)C2(C)C.CCC(C)(C)C(=O)OC1(C)CCCC1.CCC(C)(C)C(=O)OC1CCOC1=O.CCC1(OC(=O)C(C)(C)CC)CCCCCCC1.CCOC(=O)COC(=O)C(C)(C)CC.Cc1ccc([S+](c2ccccc2)c2ccccc2)cc1.O=C(OCC(F)(F)S(=O)(=O)[O-])C12CC3CC(CC(C3)C1)C2.c1ccc([S+](c2ccccc2)c2ccccc2)cc1. The first kappa shape index (κ1) is 118. The largest absolute Gasteiger partial charge is 0.748 e. The first-order valence-corrected chi connectivity index (χ1v) is 54.9. The molecule has 2 saturated heterocycles. The number of hydrogen-bond donors (Lipinski definition) is 0. The molecule has 7 saturated carbocycles. The van der Waals surface area contributed by atoms with Crippen LogP contribution in [0.4, 0.5) is 8.78 Å². The van der Waals surface area contributed by atoms with Gasteiger partial charge in [0.25, 0.3) is 0 Å². The number of esters is 9. The minimum Gasteiger partial charge on any atom is -0.748 e. The predicted octanol–water partition coefficient (Wildman–Crippen LogP) is 22.9. The number of benzene rings is 6. The van der Waals surface area contributed by atoms with Crippen molar-refractivity contribution < 1.29 is 121 Å². The average molecular weight is 2020 g/mol. The maximum Gasteiger partial charge on any atom is 0.367 e. The summed E-state index contributed by atoms with van der Waals surface area (Å²) in [6.45, 7) is 34.4. The summed E-state index contributed by atoms with van der Waals surface area (Å²) < 4.78 is 134. The number of rotatable bonds is 29. The fourth-order valence-corrected chi connectivity index (χ4v) is 22.7. The highest BCUT2D eigenvalue weighted by molar-refractivity contribution is 7.97. The van der Waals surface area contributed by atoms with Crippen LogP contribution in [0, 0.1) is 62.6 Å². The second kappa shape index (κ2) is 51.9. The van der Waals surface area contributed by atoms with Crippen molar-refractivity contribution in [1.82, 2.24) is 0 Å². The molecule has 0 N–H and O–H groups in total. The number of hydrogen-bond acceptors (Lipinski definition) is 24.